The Morgan fingerprint density at radius 1 is 1.35 bits per heavy atom. The van der Waals surface area contributed by atoms with Crippen LogP contribution in [0.2, 0.25) is 0 Å². The Bertz CT molecular complexity index is 459. The van der Waals surface area contributed by atoms with Crippen LogP contribution in [0.5, 0.6) is 0 Å². The summed E-state index contributed by atoms with van der Waals surface area (Å²) in [4.78, 5) is 37.0. The lowest BCUT2D eigenvalue weighted by Gasteiger charge is -2.36. The molecule has 0 aromatic heterocycles. The molecule has 1 aliphatic rings. The average molecular weight is 327 g/mol. The Morgan fingerprint density at radius 3 is 2.43 bits per heavy atom. The molecule has 4 N–H and O–H groups in total. The summed E-state index contributed by atoms with van der Waals surface area (Å²) < 4.78 is 0. The lowest BCUT2D eigenvalue weighted by Crippen LogP contribution is -2.57. The van der Waals surface area contributed by atoms with Gasteiger partial charge in [0.2, 0.25) is 11.8 Å². The Balaban J connectivity index is 2.97. The Labute approximate surface area is 137 Å². The molecule has 3 atom stereocenters. The molecular formula is C16H29N3O4. The molecule has 0 aromatic carbocycles. The second-order valence-electron chi connectivity index (χ2n) is 7.40. The van der Waals surface area contributed by atoms with E-state index in [1.807, 2.05) is 27.7 Å². The summed E-state index contributed by atoms with van der Waals surface area (Å²) in [5.74, 6) is -1.67. The van der Waals surface area contributed by atoms with Gasteiger partial charge < -0.3 is 16.2 Å². The lowest BCUT2D eigenvalue weighted by molar-refractivity contribution is -0.145. The fourth-order valence-electron chi connectivity index (χ4n) is 3.09. The first-order valence-corrected chi connectivity index (χ1v) is 8.12. The van der Waals surface area contributed by atoms with E-state index in [0.29, 0.717) is 19.4 Å². The quantitative estimate of drug-likeness (QED) is 0.638. The van der Waals surface area contributed by atoms with Crippen LogP contribution in [0.15, 0.2) is 0 Å². The predicted molar refractivity (Wildman–Crippen MR) is 86.6 cm³/mol. The maximum atomic E-state index is 12.7. The van der Waals surface area contributed by atoms with Gasteiger partial charge in [-0.1, -0.05) is 6.92 Å². The molecule has 23 heavy (non-hydrogen) atoms. The number of nitrogens with zero attached hydrogens (tertiary/aromatic N) is 1. The summed E-state index contributed by atoms with van der Waals surface area (Å²) in [7, 11) is 0. The van der Waals surface area contributed by atoms with Crippen molar-refractivity contribution in [2.75, 3.05) is 6.54 Å². The van der Waals surface area contributed by atoms with Gasteiger partial charge >= 0.3 is 5.97 Å². The number of hydrogen-bond donors (Lipinski definition) is 3. The van der Waals surface area contributed by atoms with Crippen LogP contribution in [0.4, 0.5) is 0 Å². The molecule has 0 aromatic rings. The molecule has 132 valence electrons. The van der Waals surface area contributed by atoms with Crippen LogP contribution in [0.1, 0.15) is 53.4 Å². The van der Waals surface area contributed by atoms with Gasteiger partial charge in [-0.3, -0.25) is 19.3 Å². The highest BCUT2D eigenvalue weighted by atomic mass is 16.4. The number of primary amides is 1. The zero-order valence-corrected chi connectivity index (χ0v) is 14.5. The molecule has 7 nitrogen and oxygen atoms in total. The highest BCUT2D eigenvalue weighted by molar-refractivity contribution is 5.84. The van der Waals surface area contributed by atoms with E-state index in [1.165, 1.54) is 0 Å². The fraction of sp³-hybridized carbons (Fsp3) is 0.812. The van der Waals surface area contributed by atoms with E-state index in [4.69, 9.17) is 5.73 Å². The molecule has 0 saturated carbocycles. The van der Waals surface area contributed by atoms with Gasteiger partial charge in [-0.05, 0) is 52.5 Å². The number of carboxylic acids is 1. The second kappa shape index (κ2) is 7.77. The maximum absolute atomic E-state index is 12.7. The van der Waals surface area contributed by atoms with Crippen LogP contribution in [0.25, 0.3) is 0 Å². The van der Waals surface area contributed by atoms with Gasteiger partial charge in [0, 0.05) is 12.0 Å². The highest BCUT2D eigenvalue weighted by Crippen LogP contribution is 2.27. The first-order chi connectivity index (χ1) is 10.5. The molecule has 1 rings (SSSR count). The molecule has 7 heteroatoms. The van der Waals surface area contributed by atoms with Gasteiger partial charge in [-0.15, -0.1) is 0 Å². The van der Waals surface area contributed by atoms with E-state index in [-0.39, 0.29) is 18.2 Å². The zero-order chi connectivity index (χ0) is 17.8. The lowest BCUT2D eigenvalue weighted by atomic mass is 9.92. The Morgan fingerprint density at radius 2 is 1.96 bits per heavy atom. The third-order valence-corrected chi connectivity index (χ3v) is 4.09. The van der Waals surface area contributed by atoms with Gasteiger partial charge in [-0.25, -0.2) is 0 Å². The summed E-state index contributed by atoms with van der Waals surface area (Å²) in [6, 6.07) is -1.22. The third kappa shape index (κ3) is 5.82. The number of carbonyl (C=O) groups excluding carboxylic acids is 2. The van der Waals surface area contributed by atoms with Crippen molar-refractivity contribution >= 4 is 17.8 Å². The molecule has 1 fully saturated rings. The molecule has 0 bridgehead atoms. The number of carboxylic acid groups (broad SMARTS) is 1. The number of carbonyl (C=O) groups is 3. The van der Waals surface area contributed by atoms with Crippen molar-refractivity contribution in [2.45, 2.75) is 71.0 Å². The fourth-order valence-corrected chi connectivity index (χ4v) is 3.09. The first kappa shape index (κ1) is 19.4. The Kier molecular flexibility index (Phi) is 6.56. The molecule has 1 saturated heterocycles. The largest absolute Gasteiger partial charge is 0.480 e. The number of likely N-dealkylation sites (tertiary alicyclic amines) is 1. The number of aliphatic carboxylic acids is 1. The Hall–Kier alpha value is -1.63. The summed E-state index contributed by atoms with van der Waals surface area (Å²) in [6.45, 7) is 8.09. The van der Waals surface area contributed by atoms with Crippen molar-refractivity contribution < 1.29 is 19.5 Å². The molecule has 2 amide bonds. The second-order valence-corrected chi connectivity index (χ2v) is 7.40. The van der Waals surface area contributed by atoms with Crippen LogP contribution in [0.3, 0.4) is 0 Å². The van der Waals surface area contributed by atoms with Crippen molar-refractivity contribution in [3.05, 3.63) is 0 Å². The van der Waals surface area contributed by atoms with Crippen LogP contribution < -0.4 is 11.1 Å². The van der Waals surface area contributed by atoms with E-state index in [9.17, 15) is 19.5 Å². The monoisotopic (exact) mass is 327 g/mol. The third-order valence-electron chi connectivity index (χ3n) is 4.09. The predicted octanol–water partition coefficient (Wildman–Crippen LogP) is 0.720. The van der Waals surface area contributed by atoms with Gasteiger partial charge in [0.1, 0.15) is 6.04 Å². The highest BCUT2D eigenvalue weighted by Gasteiger charge is 2.41. The van der Waals surface area contributed by atoms with Crippen molar-refractivity contribution in [1.29, 1.82) is 0 Å². The van der Waals surface area contributed by atoms with Crippen LogP contribution >= 0.6 is 0 Å². The molecule has 1 heterocycles. The van der Waals surface area contributed by atoms with Crippen LogP contribution in [-0.2, 0) is 14.4 Å². The normalized spacial score (nSPS) is 21.7. The summed E-state index contributed by atoms with van der Waals surface area (Å²) in [5, 5.41) is 12.3. The molecule has 1 aliphatic heterocycles. The van der Waals surface area contributed by atoms with Crippen molar-refractivity contribution in [1.82, 2.24) is 10.2 Å². The van der Waals surface area contributed by atoms with E-state index < -0.39 is 29.5 Å². The van der Waals surface area contributed by atoms with Crippen molar-refractivity contribution in [3.8, 4) is 0 Å². The minimum absolute atomic E-state index is 0.162. The minimum atomic E-state index is -0.904. The maximum Gasteiger partial charge on any atom is 0.320 e. The number of nitrogens with one attached hydrogen (secondary N) is 1. The van der Waals surface area contributed by atoms with Gasteiger partial charge in [0.15, 0.2) is 0 Å². The molecule has 1 unspecified atom stereocenters. The van der Waals surface area contributed by atoms with E-state index in [1.54, 1.807) is 4.90 Å². The average Bonchev–Trinajstić information content (AvgIpc) is 2.83. The number of nitrogens with two attached hydrogens (primary N) is 1. The van der Waals surface area contributed by atoms with Gasteiger partial charge in [0.25, 0.3) is 0 Å². The first-order valence-electron chi connectivity index (χ1n) is 8.12. The molecule has 0 radical (unpaired) electrons. The smallest absolute Gasteiger partial charge is 0.320 e. The summed E-state index contributed by atoms with van der Waals surface area (Å²) in [6.07, 6.45) is 1.93. The molecule has 0 aliphatic carbocycles. The van der Waals surface area contributed by atoms with E-state index in [2.05, 4.69) is 5.32 Å². The topological polar surface area (TPSA) is 113 Å². The van der Waals surface area contributed by atoms with Crippen LogP contribution in [0, 0.1) is 5.92 Å². The SMILES string of the molecule is C[C@@H](CCC(N)=O)C(C(=O)NC(C)(C)C)N1CCC[C@H]1C(=O)O. The van der Waals surface area contributed by atoms with Gasteiger partial charge in [-0.2, -0.15) is 0 Å². The summed E-state index contributed by atoms with van der Waals surface area (Å²) >= 11 is 0. The summed E-state index contributed by atoms with van der Waals surface area (Å²) in [5.41, 5.74) is 4.79. The van der Waals surface area contributed by atoms with E-state index >= 15 is 0 Å². The number of rotatable bonds is 7. The molecular weight excluding hydrogens is 298 g/mol. The zero-order valence-electron chi connectivity index (χ0n) is 14.5. The van der Waals surface area contributed by atoms with Crippen molar-refractivity contribution in [3.63, 3.8) is 0 Å². The number of hydrogen-bond acceptors (Lipinski definition) is 4. The van der Waals surface area contributed by atoms with Gasteiger partial charge in [0.05, 0.1) is 6.04 Å². The minimum Gasteiger partial charge on any atom is -0.480 e. The van der Waals surface area contributed by atoms with E-state index in [0.717, 1.165) is 6.42 Å². The van der Waals surface area contributed by atoms with Crippen LogP contribution in [-0.4, -0.2) is 52.0 Å². The van der Waals surface area contributed by atoms with Crippen molar-refractivity contribution in [2.24, 2.45) is 11.7 Å². The molecule has 0 spiro atoms. The standard InChI is InChI=1S/C16H29N3O4/c1-10(7-8-12(17)20)13(14(21)18-16(2,3)4)19-9-5-6-11(19)15(22)23/h10-11,13H,5-9H2,1-4H3,(H2,17,20)(H,18,21)(H,22,23)/t10-,11-,13?/m0/s1. The number of amides is 2.